The van der Waals surface area contributed by atoms with Gasteiger partial charge in [-0.25, -0.2) is 4.98 Å². The number of carboxylic acid groups (broad SMARTS) is 1. The minimum absolute atomic E-state index is 0.0670. The fraction of sp³-hybridized carbons (Fsp3) is 0.500. The quantitative estimate of drug-likeness (QED) is 0.427. The van der Waals surface area contributed by atoms with Crippen molar-refractivity contribution in [2.75, 3.05) is 29.9 Å². The number of nitrogens with zero attached hydrogens (tertiary/aromatic N) is 1. The molecule has 2 aromatic rings. The molecule has 1 aromatic heterocycles. The zero-order chi connectivity index (χ0) is 25.0. The van der Waals surface area contributed by atoms with E-state index in [1.807, 2.05) is 20.8 Å². The Morgan fingerprint density at radius 2 is 1.88 bits per heavy atom. The summed E-state index contributed by atoms with van der Waals surface area (Å²) in [6, 6.07) is 4.41. The third-order valence-corrected chi connectivity index (χ3v) is 5.85. The fourth-order valence-electron chi connectivity index (χ4n) is 3.15. The number of aliphatic carboxylic acids is 1. The van der Waals surface area contributed by atoms with Crippen LogP contribution in [0.3, 0.4) is 0 Å². The first-order valence-electron chi connectivity index (χ1n) is 10.3. The molecule has 0 aliphatic carbocycles. The number of carbonyl (C=O) groups excluding carboxylic acids is 1. The highest BCUT2D eigenvalue weighted by molar-refractivity contribution is 7.99. The van der Waals surface area contributed by atoms with Crippen LogP contribution in [0.4, 0.5) is 18.9 Å². The van der Waals surface area contributed by atoms with E-state index < -0.39 is 36.1 Å². The van der Waals surface area contributed by atoms with E-state index in [4.69, 9.17) is 10.8 Å². The van der Waals surface area contributed by atoms with Gasteiger partial charge >= 0.3 is 12.1 Å². The fourth-order valence-corrected chi connectivity index (χ4v) is 3.87. The summed E-state index contributed by atoms with van der Waals surface area (Å²) in [5, 5.41) is 14.5. The Balaban J connectivity index is 2.30. The number of hydrogen-bond acceptors (Lipinski definition) is 6. The van der Waals surface area contributed by atoms with E-state index in [2.05, 4.69) is 15.6 Å². The molecule has 2 rings (SSSR count). The van der Waals surface area contributed by atoms with Gasteiger partial charge in [-0.05, 0) is 41.7 Å². The van der Waals surface area contributed by atoms with Gasteiger partial charge < -0.3 is 21.5 Å². The molecule has 182 valence electrons. The number of carbonyl (C=O) groups is 2. The van der Waals surface area contributed by atoms with Gasteiger partial charge in [0.15, 0.2) is 0 Å². The second-order valence-electron chi connectivity index (χ2n) is 8.84. The molecule has 1 heterocycles. The molecule has 11 heteroatoms. The Morgan fingerprint density at radius 3 is 2.45 bits per heavy atom. The number of nitrogens with one attached hydrogen (secondary N) is 2. The van der Waals surface area contributed by atoms with E-state index in [1.165, 1.54) is 0 Å². The van der Waals surface area contributed by atoms with Crippen molar-refractivity contribution in [1.82, 2.24) is 10.3 Å². The maximum absolute atomic E-state index is 12.7. The van der Waals surface area contributed by atoms with Crippen molar-refractivity contribution < 1.29 is 27.9 Å². The number of benzene rings is 1. The first-order chi connectivity index (χ1) is 15.2. The molecule has 0 aliphatic rings. The standard InChI is InChI=1S/C22H29F3N4O3S/c1-12-5-17(20(32)27-8-13(26)9-33-10-18(30)31)29-19-15(12)6-14(28-11-22(23,24)25)7-16(19)21(2,3)4/h5-7,13,28H,8-11,26H2,1-4H3,(H,27,32)(H,30,31). The molecule has 1 amide bonds. The summed E-state index contributed by atoms with van der Waals surface area (Å²) in [4.78, 5) is 27.8. The monoisotopic (exact) mass is 486 g/mol. The molecule has 0 radical (unpaired) electrons. The molecule has 1 atom stereocenters. The molecule has 7 nitrogen and oxygen atoms in total. The molecule has 1 unspecified atom stereocenters. The summed E-state index contributed by atoms with van der Waals surface area (Å²) < 4.78 is 38.1. The molecular weight excluding hydrogens is 457 g/mol. The second-order valence-corrected chi connectivity index (χ2v) is 9.87. The Hall–Kier alpha value is -2.53. The van der Waals surface area contributed by atoms with Crippen LogP contribution in [0.1, 0.15) is 42.4 Å². The number of alkyl halides is 3. The Kier molecular flexibility index (Phi) is 8.58. The van der Waals surface area contributed by atoms with Crippen molar-refractivity contribution in [3.63, 3.8) is 0 Å². The molecular formula is C22H29F3N4O3S. The van der Waals surface area contributed by atoms with Crippen molar-refractivity contribution in [2.24, 2.45) is 5.73 Å². The largest absolute Gasteiger partial charge is 0.481 e. The molecule has 33 heavy (non-hydrogen) atoms. The average Bonchev–Trinajstić information content (AvgIpc) is 2.68. The van der Waals surface area contributed by atoms with Crippen molar-refractivity contribution in [2.45, 2.75) is 45.3 Å². The second kappa shape index (κ2) is 10.6. The highest BCUT2D eigenvalue weighted by atomic mass is 32.2. The third-order valence-electron chi connectivity index (χ3n) is 4.74. The zero-order valence-electron chi connectivity index (χ0n) is 19.0. The number of nitrogens with two attached hydrogens (primary N) is 1. The van der Waals surface area contributed by atoms with Gasteiger partial charge in [-0.2, -0.15) is 13.2 Å². The number of aromatic nitrogens is 1. The van der Waals surface area contributed by atoms with Gasteiger partial charge in [0.1, 0.15) is 12.2 Å². The van der Waals surface area contributed by atoms with E-state index in [-0.39, 0.29) is 18.0 Å². The van der Waals surface area contributed by atoms with Crippen molar-refractivity contribution in [1.29, 1.82) is 0 Å². The summed E-state index contributed by atoms with van der Waals surface area (Å²) in [5.74, 6) is -1.06. The highest BCUT2D eigenvalue weighted by Crippen LogP contribution is 2.34. The van der Waals surface area contributed by atoms with E-state index in [9.17, 15) is 22.8 Å². The van der Waals surface area contributed by atoms with Crippen LogP contribution in [0, 0.1) is 6.92 Å². The molecule has 0 saturated heterocycles. The minimum Gasteiger partial charge on any atom is -0.481 e. The minimum atomic E-state index is -4.35. The lowest BCUT2D eigenvalue weighted by Gasteiger charge is -2.23. The average molecular weight is 487 g/mol. The number of halogens is 3. The van der Waals surface area contributed by atoms with Gasteiger partial charge in [-0.1, -0.05) is 20.8 Å². The van der Waals surface area contributed by atoms with Crippen LogP contribution in [0.25, 0.3) is 10.9 Å². The Labute approximate surface area is 194 Å². The number of hydrogen-bond donors (Lipinski definition) is 4. The van der Waals surface area contributed by atoms with Crippen LogP contribution in [0.5, 0.6) is 0 Å². The number of thioether (sulfide) groups is 1. The number of carboxylic acids is 1. The first kappa shape index (κ1) is 26.7. The molecule has 0 saturated carbocycles. The number of rotatable bonds is 9. The summed E-state index contributed by atoms with van der Waals surface area (Å²) >= 11 is 1.16. The lowest BCUT2D eigenvalue weighted by Crippen LogP contribution is -2.39. The van der Waals surface area contributed by atoms with Crippen LogP contribution in [-0.4, -0.2) is 58.8 Å². The number of pyridine rings is 1. The predicted octanol–water partition coefficient (Wildman–Crippen LogP) is 3.69. The van der Waals surface area contributed by atoms with Gasteiger partial charge in [0.05, 0.1) is 11.3 Å². The number of fused-ring (bicyclic) bond motifs is 1. The number of aryl methyl sites for hydroxylation is 1. The predicted molar refractivity (Wildman–Crippen MR) is 125 cm³/mol. The van der Waals surface area contributed by atoms with E-state index in [1.54, 1.807) is 25.1 Å². The summed E-state index contributed by atoms with van der Waals surface area (Å²) in [5.41, 5.74) is 7.95. The van der Waals surface area contributed by atoms with Gasteiger partial charge in [0, 0.05) is 29.4 Å². The number of anilines is 1. The summed E-state index contributed by atoms with van der Waals surface area (Å²) in [6.07, 6.45) is -4.35. The first-order valence-corrected chi connectivity index (χ1v) is 11.4. The molecule has 0 bridgehead atoms. The van der Waals surface area contributed by atoms with Crippen LogP contribution >= 0.6 is 11.8 Å². The van der Waals surface area contributed by atoms with E-state index >= 15 is 0 Å². The SMILES string of the molecule is Cc1cc(C(=O)NCC(N)CSCC(=O)O)nc2c(C(C)(C)C)cc(NCC(F)(F)F)cc12. The maximum Gasteiger partial charge on any atom is 0.405 e. The van der Waals surface area contributed by atoms with Gasteiger partial charge in [0.25, 0.3) is 5.91 Å². The van der Waals surface area contributed by atoms with Gasteiger partial charge in [-0.15, -0.1) is 11.8 Å². The Bertz CT molecular complexity index is 1020. The van der Waals surface area contributed by atoms with Gasteiger partial charge in [0.2, 0.25) is 0 Å². The van der Waals surface area contributed by atoms with Crippen molar-refractivity contribution in [3.05, 3.63) is 35.0 Å². The van der Waals surface area contributed by atoms with Crippen LogP contribution in [0.15, 0.2) is 18.2 Å². The number of amides is 1. The van der Waals surface area contributed by atoms with Crippen LogP contribution < -0.4 is 16.4 Å². The van der Waals surface area contributed by atoms with Crippen LogP contribution in [-0.2, 0) is 10.2 Å². The summed E-state index contributed by atoms with van der Waals surface area (Å²) in [6.45, 7) is 6.54. The smallest absolute Gasteiger partial charge is 0.405 e. The van der Waals surface area contributed by atoms with Gasteiger partial charge in [-0.3, -0.25) is 9.59 Å². The topological polar surface area (TPSA) is 117 Å². The normalized spacial score (nSPS) is 13.1. The third kappa shape index (κ3) is 8.08. The molecule has 0 fully saturated rings. The lowest BCUT2D eigenvalue weighted by molar-refractivity contribution is -0.133. The highest BCUT2D eigenvalue weighted by Gasteiger charge is 2.27. The van der Waals surface area contributed by atoms with Crippen molar-refractivity contribution >= 4 is 40.2 Å². The van der Waals surface area contributed by atoms with E-state index in [0.29, 0.717) is 33.5 Å². The molecule has 0 spiro atoms. The summed E-state index contributed by atoms with van der Waals surface area (Å²) in [7, 11) is 0. The molecule has 5 N–H and O–H groups in total. The molecule has 1 aromatic carbocycles. The van der Waals surface area contributed by atoms with E-state index in [0.717, 1.165) is 11.8 Å². The maximum atomic E-state index is 12.7. The van der Waals surface area contributed by atoms with Crippen LogP contribution in [0.2, 0.25) is 0 Å². The van der Waals surface area contributed by atoms with Crippen molar-refractivity contribution in [3.8, 4) is 0 Å². The lowest BCUT2D eigenvalue weighted by atomic mass is 9.84. The molecule has 0 aliphatic heterocycles. The Morgan fingerprint density at radius 1 is 1.21 bits per heavy atom. The zero-order valence-corrected chi connectivity index (χ0v) is 19.8.